The highest BCUT2D eigenvalue weighted by molar-refractivity contribution is 6.14. The van der Waals surface area contributed by atoms with Crippen LogP contribution in [0.3, 0.4) is 0 Å². The molecule has 2 aromatic rings. The van der Waals surface area contributed by atoms with Gasteiger partial charge in [0.15, 0.2) is 0 Å². The minimum atomic E-state index is -0.0165. The van der Waals surface area contributed by atoms with Crippen molar-refractivity contribution in [2.24, 2.45) is 10.9 Å². The number of amidine groups is 1. The average Bonchev–Trinajstić information content (AvgIpc) is 3.11. The van der Waals surface area contributed by atoms with Crippen LogP contribution in [0.1, 0.15) is 37.8 Å². The lowest BCUT2D eigenvalue weighted by atomic mass is 9.88. The normalized spacial score (nSPS) is 21.4. The number of hydrogen-bond donors (Lipinski definition) is 1. The summed E-state index contributed by atoms with van der Waals surface area (Å²) in [7, 11) is 1.84. The molecule has 2 aliphatic rings. The van der Waals surface area contributed by atoms with E-state index in [-0.39, 0.29) is 5.91 Å². The monoisotopic (exact) mass is 308 g/mol. The van der Waals surface area contributed by atoms with Crippen LogP contribution < -0.4 is 0 Å². The van der Waals surface area contributed by atoms with E-state index in [1.165, 1.54) is 19.3 Å². The molecule has 23 heavy (non-hydrogen) atoms. The van der Waals surface area contributed by atoms with E-state index in [0.717, 1.165) is 35.4 Å². The van der Waals surface area contributed by atoms with E-state index >= 15 is 0 Å². The average molecular weight is 308 g/mol. The third-order valence-corrected chi connectivity index (χ3v) is 4.78. The quantitative estimate of drug-likeness (QED) is 0.865. The first-order valence-electron chi connectivity index (χ1n) is 8.24. The van der Waals surface area contributed by atoms with Gasteiger partial charge in [-0.05, 0) is 37.1 Å². The number of fused-ring (bicyclic) bond motifs is 1. The zero-order chi connectivity index (χ0) is 15.8. The largest absolute Gasteiger partial charge is 0.340 e. The van der Waals surface area contributed by atoms with E-state index in [4.69, 9.17) is 0 Å². The highest BCUT2D eigenvalue weighted by Crippen LogP contribution is 2.30. The van der Waals surface area contributed by atoms with Crippen LogP contribution in [0.2, 0.25) is 0 Å². The number of rotatable bonds is 2. The summed E-state index contributed by atoms with van der Waals surface area (Å²) in [6.45, 7) is 0. The molecule has 1 aliphatic heterocycles. The van der Waals surface area contributed by atoms with Gasteiger partial charge in [-0.2, -0.15) is 0 Å². The molecule has 0 spiro atoms. The van der Waals surface area contributed by atoms with Crippen LogP contribution in [0, 0.1) is 5.92 Å². The molecule has 0 atom stereocenters. The number of H-pyrrole nitrogens is 1. The van der Waals surface area contributed by atoms with E-state index in [9.17, 15) is 4.79 Å². The molecule has 2 aromatic heterocycles. The third kappa shape index (κ3) is 2.56. The van der Waals surface area contributed by atoms with Crippen LogP contribution >= 0.6 is 0 Å². The number of nitrogens with zero attached hydrogens (tertiary/aromatic N) is 3. The molecule has 1 aliphatic carbocycles. The van der Waals surface area contributed by atoms with Crippen LogP contribution in [0.5, 0.6) is 0 Å². The van der Waals surface area contributed by atoms with Crippen molar-refractivity contribution in [1.82, 2.24) is 14.9 Å². The van der Waals surface area contributed by atoms with Gasteiger partial charge in [-0.15, -0.1) is 0 Å². The van der Waals surface area contributed by atoms with Crippen molar-refractivity contribution in [1.29, 1.82) is 0 Å². The Bertz CT molecular complexity index is 778. The minimum Gasteiger partial charge on any atom is -0.340 e. The van der Waals surface area contributed by atoms with Gasteiger partial charge in [-0.25, -0.2) is 9.98 Å². The Kier molecular flexibility index (Phi) is 3.48. The number of aromatic amines is 1. The van der Waals surface area contributed by atoms with E-state index < -0.39 is 0 Å². The van der Waals surface area contributed by atoms with Crippen LogP contribution in [-0.2, 0) is 4.79 Å². The maximum Gasteiger partial charge on any atom is 0.277 e. The molecule has 0 aromatic carbocycles. The molecule has 0 saturated heterocycles. The Morgan fingerprint density at radius 1 is 1.30 bits per heavy atom. The number of carbonyl (C=O) groups excluding carboxylic acids is 1. The molecule has 1 saturated carbocycles. The van der Waals surface area contributed by atoms with Crippen LogP contribution in [0.25, 0.3) is 17.1 Å². The molecule has 1 fully saturated rings. The summed E-state index contributed by atoms with van der Waals surface area (Å²) in [5.74, 6) is 1.35. The second kappa shape index (κ2) is 5.65. The van der Waals surface area contributed by atoms with Crippen LogP contribution in [-0.4, -0.2) is 33.7 Å². The van der Waals surface area contributed by atoms with Crippen molar-refractivity contribution < 1.29 is 4.79 Å². The van der Waals surface area contributed by atoms with E-state index in [1.807, 2.05) is 31.3 Å². The summed E-state index contributed by atoms with van der Waals surface area (Å²) in [6.07, 6.45) is 9.63. The van der Waals surface area contributed by atoms with Crippen LogP contribution in [0.4, 0.5) is 0 Å². The predicted octanol–water partition coefficient (Wildman–Crippen LogP) is 3.35. The Morgan fingerprint density at radius 3 is 2.91 bits per heavy atom. The number of hydrogen-bond acceptors (Lipinski definition) is 3. The van der Waals surface area contributed by atoms with Crippen molar-refractivity contribution in [3.05, 3.63) is 35.8 Å². The molecule has 0 radical (unpaired) electrons. The molecule has 3 heterocycles. The summed E-state index contributed by atoms with van der Waals surface area (Å²) in [6, 6.07) is 5.90. The van der Waals surface area contributed by atoms with Crippen molar-refractivity contribution in [3.63, 3.8) is 0 Å². The van der Waals surface area contributed by atoms with Crippen molar-refractivity contribution in [2.45, 2.75) is 32.1 Å². The van der Waals surface area contributed by atoms with Gasteiger partial charge in [-0.3, -0.25) is 9.69 Å². The molecular formula is C18H20N4O. The van der Waals surface area contributed by atoms with Gasteiger partial charge in [0.2, 0.25) is 0 Å². The first-order valence-corrected chi connectivity index (χ1v) is 8.24. The molecule has 1 amide bonds. The molecule has 4 rings (SSSR count). The first-order chi connectivity index (χ1) is 11.2. The molecule has 5 nitrogen and oxygen atoms in total. The topological polar surface area (TPSA) is 61.4 Å². The van der Waals surface area contributed by atoms with E-state index in [0.29, 0.717) is 11.6 Å². The lowest BCUT2D eigenvalue weighted by Crippen LogP contribution is -2.33. The zero-order valence-corrected chi connectivity index (χ0v) is 13.2. The number of nitrogens with one attached hydrogen (secondary N) is 1. The fourth-order valence-electron chi connectivity index (χ4n) is 3.55. The van der Waals surface area contributed by atoms with Gasteiger partial charge in [-0.1, -0.05) is 19.3 Å². The minimum absolute atomic E-state index is 0.0165. The van der Waals surface area contributed by atoms with E-state index in [2.05, 4.69) is 15.0 Å². The number of likely N-dealkylation sites (N-methyl/N-ethyl adjacent to an activating group) is 1. The zero-order valence-electron chi connectivity index (χ0n) is 13.2. The molecule has 5 heteroatoms. The van der Waals surface area contributed by atoms with Gasteiger partial charge in [0, 0.05) is 30.2 Å². The Labute approximate surface area is 135 Å². The van der Waals surface area contributed by atoms with Gasteiger partial charge < -0.3 is 4.98 Å². The SMILES string of the molecule is CN1C(=O)/C(=C/c2cc3cccnc3[nH]2)N=C1C1CCCCC1. The lowest BCUT2D eigenvalue weighted by molar-refractivity contribution is -0.121. The number of pyridine rings is 1. The second-order valence-corrected chi connectivity index (χ2v) is 6.36. The van der Waals surface area contributed by atoms with E-state index in [1.54, 1.807) is 11.1 Å². The Morgan fingerprint density at radius 2 is 2.13 bits per heavy atom. The predicted molar refractivity (Wildman–Crippen MR) is 90.9 cm³/mol. The van der Waals surface area contributed by atoms with Crippen LogP contribution in [0.15, 0.2) is 35.1 Å². The summed E-state index contributed by atoms with van der Waals surface area (Å²) in [4.78, 5) is 26.4. The maximum absolute atomic E-state index is 12.5. The summed E-state index contributed by atoms with van der Waals surface area (Å²) < 4.78 is 0. The van der Waals surface area contributed by atoms with Crippen molar-refractivity contribution >= 4 is 28.9 Å². The number of aliphatic imine (C=N–C) groups is 1. The molecule has 0 bridgehead atoms. The second-order valence-electron chi connectivity index (χ2n) is 6.36. The highest BCUT2D eigenvalue weighted by Gasteiger charge is 2.32. The fraction of sp³-hybridized carbons (Fsp3) is 0.389. The molecule has 118 valence electrons. The Hall–Kier alpha value is -2.43. The third-order valence-electron chi connectivity index (χ3n) is 4.78. The number of aromatic nitrogens is 2. The number of carbonyl (C=O) groups is 1. The van der Waals surface area contributed by atoms with Gasteiger partial charge in [0.25, 0.3) is 5.91 Å². The highest BCUT2D eigenvalue weighted by atomic mass is 16.2. The summed E-state index contributed by atoms with van der Waals surface area (Å²) >= 11 is 0. The standard InChI is InChI=1S/C18H20N4O/c1-22-17(12-6-3-2-4-7-12)21-15(18(22)23)11-14-10-13-8-5-9-19-16(13)20-14/h5,8-12H,2-4,6-7H2,1H3,(H,19,20)/b15-11-. The molecular weight excluding hydrogens is 288 g/mol. The maximum atomic E-state index is 12.5. The first kappa shape index (κ1) is 14.2. The van der Waals surface area contributed by atoms with Gasteiger partial charge >= 0.3 is 0 Å². The molecule has 1 N–H and O–H groups in total. The Balaban J connectivity index is 1.66. The summed E-state index contributed by atoms with van der Waals surface area (Å²) in [5, 5.41) is 1.04. The smallest absolute Gasteiger partial charge is 0.277 e. The van der Waals surface area contributed by atoms with Gasteiger partial charge in [0.1, 0.15) is 17.2 Å². The summed E-state index contributed by atoms with van der Waals surface area (Å²) in [5.41, 5.74) is 2.21. The fourth-order valence-corrected chi connectivity index (χ4v) is 3.55. The van der Waals surface area contributed by atoms with Gasteiger partial charge in [0.05, 0.1) is 0 Å². The van der Waals surface area contributed by atoms with Crippen molar-refractivity contribution in [3.8, 4) is 0 Å². The lowest BCUT2D eigenvalue weighted by Gasteiger charge is -2.24. The molecule has 0 unspecified atom stereocenters. The van der Waals surface area contributed by atoms with Crippen molar-refractivity contribution in [2.75, 3.05) is 7.05 Å². The number of amides is 1.